The number of benzene rings is 2. The second-order valence-electron chi connectivity index (χ2n) is 3.98. The van der Waals surface area contributed by atoms with Crippen molar-refractivity contribution in [3.8, 4) is 11.5 Å². The lowest BCUT2D eigenvalue weighted by Gasteiger charge is -2.12. The quantitative estimate of drug-likeness (QED) is 0.480. The van der Waals surface area contributed by atoms with Gasteiger partial charge in [0.25, 0.3) is 0 Å². The van der Waals surface area contributed by atoms with Crippen molar-refractivity contribution in [3.05, 3.63) is 60.1 Å². The summed E-state index contributed by atoms with van der Waals surface area (Å²) in [6.45, 7) is 6.72. The topological polar surface area (TPSA) is 52.6 Å². The van der Waals surface area contributed by atoms with E-state index in [0.717, 1.165) is 12.2 Å². The van der Waals surface area contributed by atoms with Gasteiger partial charge in [-0.25, -0.2) is 9.59 Å². The molecule has 0 N–H and O–H groups in total. The molecule has 2 aromatic carbocycles. The molecule has 0 bridgehead atoms. The van der Waals surface area contributed by atoms with Crippen LogP contribution in [0.4, 0.5) is 0 Å². The Bertz CT molecular complexity index is 749. The average molecular weight is 347 g/mol. The van der Waals surface area contributed by atoms with Crippen LogP contribution in [0.25, 0.3) is 10.8 Å². The molecule has 2 aromatic rings. The fourth-order valence-electron chi connectivity index (χ4n) is 1.76. The fourth-order valence-corrected chi connectivity index (χ4v) is 2.27. The Morgan fingerprint density at radius 1 is 1.00 bits per heavy atom. The van der Waals surface area contributed by atoms with Gasteiger partial charge in [-0.1, -0.05) is 37.4 Å². The lowest BCUT2D eigenvalue weighted by molar-refractivity contribution is -0.130. The maximum Gasteiger partial charge on any atom is 0.335 e. The monoisotopic (exact) mass is 346 g/mol. The third kappa shape index (κ3) is 3.20. The highest BCUT2D eigenvalue weighted by Crippen LogP contribution is 2.40. The van der Waals surface area contributed by atoms with E-state index in [9.17, 15) is 9.59 Å². The molecule has 2 rings (SSSR count). The van der Waals surface area contributed by atoms with E-state index in [4.69, 9.17) is 9.47 Å². The van der Waals surface area contributed by atoms with E-state index in [2.05, 4.69) is 29.1 Å². The van der Waals surface area contributed by atoms with Crippen LogP contribution in [0.2, 0.25) is 0 Å². The molecule has 0 heterocycles. The number of carbonyl (C=O) groups is 2. The van der Waals surface area contributed by atoms with Crippen LogP contribution in [0, 0.1) is 0 Å². The van der Waals surface area contributed by atoms with E-state index in [0.29, 0.717) is 26.7 Å². The molecule has 4 nitrogen and oxygen atoms in total. The van der Waals surface area contributed by atoms with Gasteiger partial charge in [-0.05, 0) is 22.0 Å². The van der Waals surface area contributed by atoms with Crippen LogP contribution in [-0.2, 0) is 9.59 Å². The van der Waals surface area contributed by atoms with Crippen molar-refractivity contribution in [1.82, 2.24) is 0 Å². The molecule has 0 saturated carbocycles. The SMILES string of the molecule is C=CC(=O)Oc1cc(Br)c(OC(=O)C=C)c2ccccc12. The molecule has 0 atom stereocenters. The normalized spacial score (nSPS) is 9.95. The summed E-state index contributed by atoms with van der Waals surface area (Å²) in [6.07, 6.45) is 2.15. The molecule has 0 radical (unpaired) electrons. The van der Waals surface area contributed by atoms with Gasteiger partial charge in [-0.2, -0.15) is 0 Å². The van der Waals surface area contributed by atoms with Crippen LogP contribution in [-0.4, -0.2) is 11.9 Å². The minimum atomic E-state index is -0.573. The first-order chi connectivity index (χ1) is 10.1. The van der Waals surface area contributed by atoms with Gasteiger partial charge in [0.05, 0.1) is 4.47 Å². The minimum Gasteiger partial charge on any atom is -0.423 e. The van der Waals surface area contributed by atoms with Crippen molar-refractivity contribution in [1.29, 1.82) is 0 Å². The van der Waals surface area contributed by atoms with E-state index >= 15 is 0 Å². The molecule has 0 aliphatic heterocycles. The summed E-state index contributed by atoms with van der Waals surface area (Å²) in [5, 5.41) is 1.27. The van der Waals surface area contributed by atoms with E-state index in [1.165, 1.54) is 0 Å². The van der Waals surface area contributed by atoms with Gasteiger partial charge in [0, 0.05) is 22.9 Å². The smallest absolute Gasteiger partial charge is 0.335 e. The predicted octanol–water partition coefficient (Wildman–Crippen LogP) is 3.79. The molecule has 0 spiro atoms. The van der Waals surface area contributed by atoms with Crippen LogP contribution in [0.15, 0.2) is 60.1 Å². The van der Waals surface area contributed by atoms with Crippen LogP contribution >= 0.6 is 15.9 Å². The fraction of sp³-hybridized carbons (Fsp3) is 0. The second-order valence-corrected chi connectivity index (χ2v) is 4.84. The summed E-state index contributed by atoms with van der Waals surface area (Å²) in [7, 11) is 0. The van der Waals surface area contributed by atoms with Crippen molar-refractivity contribution >= 4 is 38.6 Å². The molecule has 21 heavy (non-hydrogen) atoms. The highest BCUT2D eigenvalue weighted by Gasteiger charge is 2.15. The third-order valence-electron chi connectivity index (χ3n) is 2.66. The van der Waals surface area contributed by atoms with Gasteiger partial charge in [-0.15, -0.1) is 0 Å². The van der Waals surface area contributed by atoms with E-state index < -0.39 is 11.9 Å². The number of rotatable bonds is 4. The van der Waals surface area contributed by atoms with Crippen molar-refractivity contribution in [2.75, 3.05) is 0 Å². The summed E-state index contributed by atoms with van der Waals surface area (Å²) >= 11 is 3.31. The number of ether oxygens (including phenoxy) is 2. The van der Waals surface area contributed by atoms with E-state index in [1.807, 2.05) is 0 Å². The Morgan fingerprint density at radius 3 is 2.19 bits per heavy atom. The average Bonchev–Trinajstić information content (AvgIpc) is 2.50. The standard InChI is InChI=1S/C16H11BrO4/c1-3-14(18)20-13-9-12(17)16(21-15(19)4-2)11-8-6-5-7-10(11)13/h3-9H,1-2H2. The summed E-state index contributed by atoms with van der Waals surface area (Å²) in [6, 6.07) is 8.67. The Labute approximate surface area is 129 Å². The maximum atomic E-state index is 11.4. The summed E-state index contributed by atoms with van der Waals surface area (Å²) in [4.78, 5) is 22.8. The Morgan fingerprint density at radius 2 is 1.57 bits per heavy atom. The number of hydrogen-bond donors (Lipinski definition) is 0. The first kappa shape index (κ1) is 15.0. The third-order valence-corrected chi connectivity index (χ3v) is 3.25. The summed E-state index contributed by atoms with van der Waals surface area (Å²) < 4.78 is 10.9. The molecular weight excluding hydrogens is 336 g/mol. The summed E-state index contributed by atoms with van der Waals surface area (Å²) in [5.74, 6) is -0.450. The lowest BCUT2D eigenvalue weighted by Crippen LogP contribution is -2.06. The number of esters is 2. The molecular formula is C16H11BrO4. The van der Waals surface area contributed by atoms with Gasteiger partial charge in [-0.3, -0.25) is 0 Å². The number of carbonyl (C=O) groups excluding carboxylic acids is 2. The van der Waals surface area contributed by atoms with E-state index in [1.54, 1.807) is 30.3 Å². The number of hydrogen-bond acceptors (Lipinski definition) is 4. The van der Waals surface area contributed by atoms with Gasteiger partial charge in [0.1, 0.15) is 5.75 Å². The Balaban J connectivity index is 2.62. The van der Waals surface area contributed by atoms with Crippen molar-refractivity contribution in [2.45, 2.75) is 0 Å². The Hall–Kier alpha value is -2.40. The zero-order valence-corrected chi connectivity index (χ0v) is 12.6. The van der Waals surface area contributed by atoms with Crippen LogP contribution < -0.4 is 9.47 Å². The minimum absolute atomic E-state index is 0.342. The highest BCUT2D eigenvalue weighted by molar-refractivity contribution is 9.10. The van der Waals surface area contributed by atoms with Gasteiger partial charge in [0.15, 0.2) is 5.75 Å². The maximum absolute atomic E-state index is 11.4. The zero-order chi connectivity index (χ0) is 15.4. The largest absolute Gasteiger partial charge is 0.423 e. The van der Waals surface area contributed by atoms with Crippen LogP contribution in [0.3, 0.4) is 0 Å². The van der Waals surface area contributed by atoms with Gasteiger partial charge < -0.3 is 9.47 Å². The van der Waals surface area contributed by atoms with E-state index in [-0.39, 0.29) is 0 Å². The highest BCUT2D eigenvalue weighted by atomic mass is 79.9. The first-order valence-electron chi connectivity index (χ1n) is 5.96. The zero-order valence-electron chi connectivity index (χ0n) is 11.0. The molecule has 0 amide bonds. The molecule has 5 heteroatoms. The van der Waals surface area contributed by atoms with Crippen molar-refractivity contribution in [2.24, 2.45) is 0 Å². The predicted molar refractivity (Wildman–Crippen MR) is 83.3 cm³/mol. The second kappa shape index (κ2) is 6.37. The molecule has 0 aliphatic carbocycles. The molecule has 0 aromatic heterocycles. The van der Waals surface area contributed by atoms with Gasteiger partial charge in [0.2, 0.25) is 0 Å². The molecule has 0 unspecified atom stereocenters. The molecule has 0 fully saturated rings. The first-order valence-corrected chi connectivity index (χ1v) is 6.76. The Kier molecular flexibility index (Phi) is 4.55. The van der Waals surface area contributed by atoms with Crippen LogP contribution in [0.1, 0.15) is 0 Å². The summed E-state index contributed by atoms with van der Waals surface area (Å²) in [5.41, 5.74) is 0. The molecule has 0 aliphatic rings. The number of fused-ring (bicyclic) bond motifs is 1. The lowest BCUT2D eigenvalue weighted by atomic mass is 10.1. The number of halogens is 1. The van der Waals surface area contributed by atoms with Crippen LogP contribution in [0.5, 0.6) is 11.5 Å². The van der Waals surface area contributed by atoms with Crippen molar-refractivity contribution < 1.29 is 19.1 Å². The molecule has 0 saturated heterocycles. The molecule has 106 valence electrons. The van der Waals surface area contributed by atoms with Crippen molar-refractivity contribution in [3.63, 3.8) is 0 Å². The van der Waals surface area contributed by atoms with Gasteiger partial charge >= 0.3 is 11.9 Å².